The Hall–Kier alpha value is -8.96. The minimum atomic E-state index is -1.80. The highest BCUT2D eigenvalue weighted by atomic mass is 16.7. The monoisotopic (exact) mass is 1170 g/mol. The van der Waals surface area contributed by atoms with Crippen molar-refractivity contribution < 1.29 is 112 Å². The van der Waals surface area contributed by atoms with Crippen LogP contribution in [0.2, 0.25) is 0 Å². The van der Waals surface area contributed by atoms with Crippen molar-refractivity contribution in [2.45, 2.75) is 102 Å². The number of carboxylic acids is 4. The molecule has 1 aliphatic heterocycles. The molecule has 1 aromatic rings. The number of carboxylic acid groups (broad SMARTS) is 4. The molecule has 454 valence electrons. The number of carbonyl (C=O) groups is 12. The fourth-order valence-corrected chi connectivity index (χ4v) is 6.93. The molecule has 7 amide bonds. The predicted octanol–water partition coefficient (Wildman–Crippen LogP) is -3.92. The molecule has 1 aliphatic rings. The van der Waals surface area contributed by atoms with Gasteiger partial charge in [-0.1, -0.05) is 13.0 Å². The van der Waals surface area contributed by atoms with Crippen LogP contribution >= 0.6 is 0 Å². The van der Waals surface area contributed by atoms with E-state index in [0.29, 0.717) is 26.1 Å². The summed E-state index contributed by atoms with van der Waals surface area (Å²) < 4.78 is 0. The predicted molar refractivity (Wildman–Crippen MR) is 271 cm³/mol. The number of imide groups is 1. The van der Waals surface area contributed by atoms with Crippen molar-refractivity contribution in [3.05, 3.63) is 35.4 Å². The maximum Gasteiger partial charge on any atom is 0.373 e. The highest BCUT2D eigenvalue weighted by molar-refractivity contribution is 6.04. The quantitative estimate of drug-likeness (QED) is 0.0225. The molecule has 0 spiro atoms. The third kappa shape index (κ3) is 34.1. The summed E-state index contributed by atoms with van der Waals surface area (Å²) in [6.07, 6.45) is -3.20. The first-order valence-electron chi connectivity index (χ1n) is 25.1. The summed E-state index contributed by atoms with van der Waals surface area (Å²) in [6.45, 7) is 7.82. The Labute approximate surface area is 469 Å². The smallest absolute Gasteiger partial charge is 0.373 e. The van der Waals surface area contributed by atoms with Gasteiger partial charge in [0.25, 0.3) is 17.7 Å². The van der Waals surface area contributed by atoms with Gasteiger partial charge in [0.2, 0.25) is 23.6 Å². The van der Waals surface area contributed by atoms with Crippen LogP contribution in [0.25, 0.3) is 0 Å². The summed E-state index contributed by atoms with van der Waals surface area (Å²) >= 11 is 0. The van der Waals surface area contributed by atoms with Crippen molar-refractivity contribution in [2.75, 3.05) is 80.0 Å². The number of rotatable bonds is 37. The Morgan fingerprint density at radius 3 is 1.49 bits per heavy atom. The molecule has 1 heterocycles. The lowest BCUT2D eigenvalue weighted by molar-refractivity contribution is -0.193. The van der Waals surface area contributed by atoms with Crippen LogP contribution in [0.3, 0.4) is 0 Å². The highest BCUT2D eigenvalue weighted by Gasteiger charge is 2.35. The zero-order chi connectivity index (χ0) is 62.7. The lowest BCUT2D eigenvalue weighted by Gasteiger charge is -2.26. The second kappa shape index (κ2) is 43.9. The van der Waals surface area contributed by atoms with Crippen LogP contribution in [0, 0.1) is 0 Å². The van der Waals surface area contributed by atoms with E-state index < -0.39 is 128 Å². The Balaban J connectivity index is 0. The van der Waals surface area contributed by atoms with Gasteiger partial charge in [-0.2, -0.15) is 28.8 Å². The molecule has 0 radical (unpaired) electrons. The Morgan fingerprint density at radius 1 is 0.598 bits per heavy atom. The first kappa shape index (κ1) is 75.1. The van der Waals surface area contributed by atoms with Gasteiger partial charge < -0.3 is 67.0 Å². The summed E-state index contributed by atoms with van der Waals surface area (Å²) in [7, 11) is 5.87. The zero-order valence-electron chi connectivity index (χ0n) is 45.6. The molecular formula is C49H70N10O23. The topological polar surface area (TPSA) is 483 Å². The lowest BCUT2D eigenvalue weighted by Crippen LogP contribution is -2.58. The molecule has 10 N–H and O–H groups in total. The molecule has 0 aromatic heterocycles. The van der Waals surface area contributed by atoms with Crippen LogP contribution in [0.15, 0.2) is 24.3 Å². The van der Waals surface area contributed by atoms with Crippen LogP contribution in [-0.4, -0.2) is 234 Å². The normalized spacial score (nSPS) is 12.7. The summed E-state index contributed by atoms with van der Waals surface area (Å²) in [4.78, 5) is 211. The SMILES string of the molecule is CCN(C)CCN(C)CCN(CCNC)CC(=O)NCCCC[C@@H](NC(=O)[C@@H](CCC(=O)O)NC(=O)[C@@H](CCC(=O)O)NC(=O)[C@@H](CCC(=O)O)NC(=O)c1cccc(C(=O)ON2C(=O)CCC2=O)c1)C(=O)O.O=C=O.O=C=O.O=C=O. The average molecular weight is 1170 g/mol. The van der Waals surface area contributed by atoms with Gasteiger partial charge in [0.1, 0.15) is 24.2 Å². The van der Waals surface area contributed by atoms with E-state index in [-0.39, 0.29) is 79.3 Å². The first-order chi connectivity index (χ1) is 38.8. The molecule has 1 fully saturated rings. The van der Waals surface area contributed by atoms with Gasteiger partial charge in [-0.3, -0.25) is 52.8 Å². The van der Waals surface area contributed by atoms with Gasteiger partial charge in [-0.05, 0) is 84.4 Å². The van der Waals surface area contributed by atoms with Crippen molar-refractivity contribution in [1.82, 2.24) is 51.7 Å². The number of nitrogens with zero attached hydrogens (tertiary/aromatic N) is 4. The molecule has 2 rings (SSSR count). The maximum atomic E-state index is 13.7. The third-order valence-corrected chi connectivity index (χ3v) is 11.5. The Kier molecular flexibility index (Phi) is 40.2. The summed E-state index contributed by atoms with van der Waals surface area (Å²) in [5, 5.41) is 53.4. The van der Waals surface area contributed by atoms with Gasteiger partial charge >= 0.3 is 48.3 Å². The van der Waals surface area contributed by atoms with Crippen molar-refractivity contribution in [2.24, 2.45) is 0 Å². The van der Waals surface area contributed by atoms with Crippen LogP contribution in [0.1, 0.15) is 98.3 Å². The molecule has 0 saturated carbocycles. The van der Waals surface area contributed by atoms with Crippen LogP contribution in [-0.2, 0) is 81.6 Å². The number of likely N-dealkylation sites (N-methyl/N-ethyl adjacent to an activating group) is 3. The highest BCUT2D eigenvalue weighted by Crippen LogP contribution is 2.16. The van der Waals surface area contributed by atoms with E-state index in [1.54, 1.807) is 0 Å². The number of aliphatic carboxylic acids is 4. The fourth-order valence-electron chi connectivity index (χ4n) is 6.93. The van der Waals surface area contributed by atoms with E-state index in [2.05, 4.69) is 48.6 Å². The molecular weight excluding hydrogens is 1100 g/mol. The largest absolute Gasteiger partial charge is 0.481 e. The number of hydrogen-bond donors (Lipinski definition) is 10. The standard InChI is InChI=1S/C46H70N10O17.3CO2/c1-5-53(3)23-24-54(4)25-26-55(22-21-47-2)28-35(57)48-20-7-6-11-34(45(70)71)52-44(69)33(14-19-40(64)65)51-43(68)32(13-18-39(62)63)50-42(67)31(12-17-38(60)61)49-41(66)29-9-8-10-30(27-29)46(72)73-56-36(58)15-16-37(56)59;3*2-1-3/h8-10,27,31-34,47H,5-7,11-26,28H2,1-4H3,(H,48,57)(H,49,66)(H,50,67)(H,51,68)(H,52,69)(H,60,61)(H,62,63)(H,64,65)(H,70,71);;;/t31-,32-,33-,34-;;;/m1.../s1. The molecule has 1 saturated heterocycles. The van der Waals surface area contributed by atoms with Gasteiger partial charge in [0.15, 0.2) is 0 Å². The molecule has 1 aromatic carbocycles. The van der Waals surface area contributed by atoms with Crippen LogP contribution < -0.4 is 31.9 Å². The van der Waals surface area contributed by atoms with Gasteiger partial charge in [-0.15, -0.1) is 5.06 Å². The molecule has 82 heavy (non-hydrogen) atoms. The zero-order valence-corrected chi connectivity index (χ0v) is 45.6. The van der Waals surface area contributed by atoms with E-state index in [1.807, 2.05) is 26.0 Å². The fraction of sp³-hybridized carbons (Fsp3) is 0.571. The van der Waals surface area contributed by atoms with Gasteiger partial charge in [-0.25, -0.2) is 9.59 Å². The van der Waals surface area contributed by atoms with E-state index in [1.165, 1.54) is 18.2 Å². The number of carbonyl (C=O) groups excluding carboxylic acids is 14. The van der Waals surface area contributed by atoms with Crippen LogP contribution in [0.5, 0.6) is 0 Å². The van der Waals surface area contributed by atoms with Crippen molar-refractivity contribution in [1.29, 1.82) is 0 Å². The number of amides is 7. The van der Waals surface area contributed by atoms with E-state index >= 15 is 0 Å². The summed E-state index contributed by atoms with van der Waals surface area (Å²) in [5.74, 6) is -13.2. The second-order valence-corrected chi connectivity index (χ2v) is 17.6. The first-order valence-corrected chi connectivity index (χ1v) is 25.1. The van der Waals surface area contributed by atoms with Crippen molar-refractivity contribution >= 4 is 89.7 Å². The number of benzene rings is 1. The molecule has 33 heteroatoms. The Morgan fingerprint density at radius 2 is 1.04 bits per heavy atom. The van der Waals surface area contributed by atoms with Crippen molar-refractivity contribution in [3.8, 4) is 0 Å². The number of hydroxylamine groups is 2. The van der Waals surface area contributed by atoms with E-state index in [9.17, 15) is 78.0 Å². The molecule has 4 atom stereocenters. The molecule has 0 bridgehead atoms. The van der Waals surface area contributed by atoms with E-state index in [4.69, 9.17) is 33.6 Å². The molecule has 0 aliphatic carbocycles. The van der Waals surface area contributed by atoms with Crippen molar-refractivity contribution in [3.63, 3.8) is 0 Å². The summed E-state index contributed by atoms with van der Waals surface area (Å²) in [6, 6.07) is -2.19. The maximum absolute atomic E-state index is 13.7. The van der Waals surface area contributed by atoms with Gasteiger partial charge in [0, 0.05) is 83.5 Å². The molecule has 0 unspecified atom stereocenters. The number of nitrogens with one attached hydrogen (secondary N) is 6. The second-order valence-electron chi connectivity index (χ2n) is 17.6. The number of hydrogen-bond acceptors (Lipinski definition) is 23. The van der Waals surface area contributed by atoms with E-state index in [0.717, 1.165) is 32.2 Å². The van der Waals surface area contributed by atoms with Gasteiger partial charge in [0.05, 0.1) is 12.1 Å². The lowest BCUT2D eigenvalue weighted by atomic mass is 10.0. The molecule has 33 nitrogen and oxygen atoms in total. The average Bonchev–Trinajstić information content (AvgIpc) is 3.77. The van der Waals surface area contributed by atoms with Crippen LogP contribution in [0.4, 0.5) is 0 Å². The Bertz CT molecular complexity index is 2360. The minimum Gasteiger partial charge on any atom is -0.481 e. The number of unbranched alkanes of at least 4 members (excludes halogenated alkanes) is 1. The summed E-state index contributed by atoms with van der Waals surface area (Å²) in [5.41, 5.74) is -0.576. The third-order valence-electron chi connectivity index (χ3n) is 11.5. The minimum absolute atomic E-state index is 0.136.